The van der Waals surface area contributed by atoms with E-state index in [0.717, 1.165) is 5.69 Å². The molecule has 0 aromatic heterocycles. The highest BCUT2D eigenvalue weighted by atomic mass is 15.1. The van der Waals surface area contributed by atoms with E-state index in [1.54, 1.807) is 0 Å². The van der Waals surface area contributed by atoms with E-state index in [1.807, 2.05) is 0 Å². The van der Waals surface area contributed by atoms with E-state index in [4.69, 9.17) is 0 Å². The molecule has 0 aliphatic carbocycles. The Morgan fingerprint density at radius 3 is 1.93 bits per heavy atom. The number of nitrogens with zero attached hydrogens (tertiary/aromatic N) is 1. The molecule has 5 aromatic rings. The maximum Gasteiger partial charge on any atom is 0.0468 e. The number of fused-ring (bicyclic) bond motifs is 3. The first kappa shape index (κ1) is 16.6. The van der Waals surface area contributed by atoms with Gasteiger partial charge in [-0.05, 0) is 70.4 Å². The van der Waals surface area contributed by atoms with Crippen molar-refractivity contribution in [2.75, 3.05) is 4.90 Å². The third-order valence-electron chi connectivity index (χ3n) is 5.26. The zero-order valence-corrected chi connectivity index (χ0v) is 15.8. The van der Waals surface area contributed by atoms with Gasteiger partial charge in [0, 0.05) is 17.1 Å². The Kier molecular flexibility index (Phi) is 4.06. The molecule has 0 bridgehead atoms. The summed E-state index contributed by atoms with van der Waals surface area (Å²) in [5, 5.41) is 5.11. The third-order valence-corrected chi connectivity index (χ3v) is 5.26. The fourth-order valence-corrected chi connectivity index (χ4v) is 3.92. The van der Waals surface area contributed by atoms with Gasteiger partial charge in [0.1, 0.15) is 0 Å². The lowest BCUT2D eigenvalue weighted by Gasteiger charge is -2.26. The minimum Gasteiger partial charge on any atom is -0.310 e. The molecule has 1 nitrogen and oxygen atoms in total. The summed E-state index contributed by atoms with van der Waals surface area (Å²) in [5.74, 6) is 0. The molecule has 0 saturated heterocycles. The Morgan fingerprint density at radius 1 is 0.464 bits per heavy atom. The topological polar surface area (TPSA) is 3.24 Å². The largest absolute Gasteiger partial charge is 0.310 e. The third kappa shape index (κ3) is 2.91. The fourth-order valence-electron chi connectivity index (χ4n) is 3.92. The van der Waals surface area contributed by atoms with Crippen molar-refractivity contribution in [1.29, 1.82) is 0 Å². The lowest BCUT2D eigenvalue weighted by molar-refractivity contribution is 1.28. The molecule has 0 N–H and O–H groups in total. The molecule has 0 radical (unpaired) electrons. The van der Waals surface area contributed by atoms with Crippen LogP contribution in [0.3, 0.4) is 0 Å². The number of benzene rings is 5. The monoisotopic (exact) mass is 359 g/mol. The molecular formula is C27H21N. The average Bonchev–Trinajstić information content (AvgIpc) is 2.75. The predicted octanol–water partition coefficient (Wildman–Crippen LogP) is 7.77. The summed E-state index contributed by atoms with van der Waals surface area (Å²) < 4.78 is 0. The molecule has 134 valence electrons. The maximum atomic E-state index is 2.33. The fraction of sp³-hybridized carbons (Fsp3) is 0.0370. The Labute approximate surface area is 165 Å². The first-order valence-corrected chi connectivity index (χ1v) is 9.63. The molecule has 0 atom stereocenters. The predicted molar refractivity (Wildman–Crippen MR) is 121 cm³/mol. The number of rotatable bonds is 3. The minimum absolute atomic E-state index is 1.16. The Hall–Kier alpha value is -3.58. The van der Waals surface area contributed by atoms with Crippen molar-refractivity contribution < 1.29 is 0 Å². The van der Waals surface area contributed by atoms with Crippen molar-refractivity contribution in [2.45, 2.75) is 6.92 Å². The van der Waals surface area contributed by atoms with Crippen molar-refractivity contribution in [2.24, 2.45) is 0 Å². The van der Waals surface area contributed by atoms with Crippen molar-refractivity contribution in [3.8, 4) is 0 Å². The number of hydrogen-bond donors (Lipinski definition) is 0. The molecule has 5 rings (SSSR count). The van der Waals surface area contributed by atoms with Crippen LogP contribution in [-0.2, 0) is 0 Å². The second-order valence-electron chi connectivity index (χ2n) is 7.20. The lowest BCUT2D eigenvalue weighted by Crippen LogP contribution is -2.09. The summed E-state index contributed by atoms with van der Waals surface area (Å²) in [5.41, 5.74) is 4.75. The Morgan fingerprint density at radius 2 is 1.11 bits per heavy atom. The van der Waals surface area contributed by atoms with Crippen molar-refractivity contribution in [3.63, 3.8) is 0 Å². The smallest absolute Gasteiger partial charge is 0.0468 e. The first-order chi connectivity index (χ1) is 13.8. The molecule has 0 aliphatic rings. The molecule has 0 fully saturated rings. The van der Waals surface area contributed by atoms with Crippen LogP contribution in [0.15, 0.2) is 109 Å². The van der Waals surface area contributed by atoms with E-state index in [2.05, 4.69) is 121 Å². The van der Waals surface area contributed by atoms with Crippen molar-refractivity contribution in [3.05, 3.63) is 115 Å². The zero-order valence-electron chi connectivity index (χ0n) is 15.8. The number of aryl methyl sites for hydroxylation is 1. The van der Waals surface area contributed by atoms with E-state index in [0.29, 0.717) is 0 Å². The van der Waals surface area contributed by atoms with E-state index >= 15 is 0 Å². The molecule has 1 heteroatoms. The van der Waals surface area contributed by atoms with Crippen LogP contribution in [0.25, 0.3) is 21.5 Å². The van der Waals surface area contributed by atoms with Gasteiger partial charge < -0.3 is 4.90 Å². The van der Waals surface area contributed by atoms with E-state index < -0.39 is 0 Å². The van der Waals surface area contributed by atoms with Crippen LogP contribution in [0.1, 0.15) is 5.56 Å². The molecule has 0 saturated carbocycles. The van der Waals surface area contributed by atoms with E-state index in [1.165, 1.54) is 38.5 Å². The van der Waals surface area contributed by atoms with Crippen LogP contribution < -0.4 is 4.90 Å². The van der Waals surface area contributed by atoms with Gasteiger partial charge in [-0.25, -0.2) is 0 Å². The normalized spacial score (nSPS) is 11.0. The van der Waals surface area contributed by atoms with Gasteiger partial charge in [-0.3, -0.25) is 0 Å². The summed E-state index contributed by atoms with van der Waals surface area (Å²) >= 11 is 0. The van der Waals surface area contributed by atoms with Gasteiger partial charge in [-0.15, -0.1) is 0 Å². The highest BCUT2D eigenvalue weighted by molar-refractivity contribution is 6.08. The molecule has 0 heterocycles. The van der Waals surface area contributed by atoms with Gasteiger partial charge in [0.15, 0.2) is 0 Å². The molecule has 0 spiro atoms. The highest BCUT2D eigenvalue weighted by Crippen LogP contribution is 2.37. The summed E-state index contributed by atoms with van der Waals surface area (Å²) in [6, 6.07) is 39.0. The summed E-state index contributed by atoms with van der Waals surface area (Å²) in [4.78, 5) is 2.33. The van der Waals surface area contributed by atoms with Gasteiger partial charge in [0.05, 0.1) is 0 Å². The maximum absolute atomic E-state index is 2.33. The molecular weight excluding hydrogens is 338 g/mol. The molecule has 0 unspecified atom stereocenters. The summed E-state index contributed by atoms with van der Waals surface area (Å²) in [6.45, 7) is 2.14. The molecule has 0 amide bonds. The summed E-state index contributed by atoms with van der Waals surface area (Å²) in [6.07, 6.45) is 0. The number of hydrogen-bond acceptors (Lipinski definition) is 1. The number of anilines is 3. The van der Waals surface area contributed by atoms with Gasteiger partial charge >= 0.3 is 0 Å². The minimum atomic E-state index is 1.16. The Bertz CT molecular complexity index is 1270. The quantitative estimate of drug-likeness (QED) is 0.297. The van der Waals surface area contributed by atoms with Crippen LogP contribution in [0.4, 0.5) is 17.1 Å². The number of para-hydroxylation sites is 1. The lowest BCUT2D eigenvalue weighted by atomic mass is 10.0. The second-order valence-corrected chi connectivity index (χ2v) is 7.20. The molecule has 0 aliphatic heterocycles. The highest BCUT2D eigenvalue weighted by Gasteiger charge is 2.13. The standard InChI is InChI=1S/C27H21N/c1-20-8-7-12-24(18-20)28(23-10-3-2-4-11-23)25-17-16-22-15-14-21-9-5-6-13-26(21)27(22)19-25/h2-19H,1H3. The first-order valence-electron chi connectivity index (χ1n) is 9.63. The van der Waals surface area contributed by atoms with Gasteiger partial charge in [0.2, 0.25) is 0 Å². The van der Waals surface area contributed by atoms with Gasteiger partial charge in [-0.2, -0.15) is 0 Å². The SMILES string of the molecule is Cc1cccc(N(c2ccccc2)c2ccc3ccc4ccccc4c3c2)c1. The van der Waals surface area contributed by atoms with Crippen molar-refractivity contribution in [1.82, 2.24) is 0 Å². The van der Waals surface area contributed by atoms with E-state index in [-0.39, 0.29) is 0 Å². The van der Waals surface area contributed by atoms with Crippen LogP contribution in [0.2, 0.25) is 0 Å². The molecule has 28 heavy (non-hydrogen) atoms. The molecule has 5 aromatic carbocycles. The second kappa shape index (κ2) is 6.86. The van der Waals surface area contributed by atoms with Crippen LogP contribution in [-0.4, -0.2) is 0 Å². The Balaban J connectivity index is 1.77. The van der Waals surface area contributed by atoms with E-state index in [9.17, 15) is 0 Å². The van der Waals surface area contributed by atoms with Gasteiger partial charge in [0.25, 0.3) is 0 Å². The van der Waals surface area contributed by atoms with Crippen LogP contribution in [0, 0.1) is 6.92 Å². The van der Waals surface area contributed by atoms with Crippen LogP contribution in [0.5, 0.6) is 0 Å². The zero-order chi connectivity index (χ0) is 18.9. The van der Waals surface area contributed by atoms with Crippen LogP contribution >= 0.6 is 0 Å². The van der Waals surface area contributed by atoms with Gasteiger partial charge in [-0.1, -0.05) is 72.8 Å². The van der Waals surface area contributed by atoms with Crippen molar-refractivity contribution >= 4 is 38.6 Å². The summed E-state index contributed by atoms with van der Waals surface area (Å²) in [7, 11) is 0. The average molecular weight is 359 g/mol.